The molecule has 102 valence electrons. The molecule has 2 heteroatoms. The Morgan fingerprint density at radius 1 is 0.524 bits per heavy atom. The van der Waals surface area contributed by atoms with Crippen molar-refractivity contribution in [1.29, 1.82) is 0 Å². The lowest BCUT2D eigenvalue weighted by molar-refractivity contribution is -0.0423. The fourth-order valence-electron chi connectivity index (χ4n) is 3.09. The number of fused-ring (bicyclic) bond motifs is 6. The van der Waals surface area contributed by atoms with E-state index in [4.69, 9.17) is 0 Å². The first-order chi connectivity index (χ1) is 10.3. The third-order valence-electron chi connectivity index (χ3n) is 4.07. The van der Waals surface area contributed by atoms with Gasteiger partial charge < -0.3 is 10.2 Å². The first kappa shape index (κ1) is 12.3. The molecule has 0 aliphatic heterocycles. The van der Waals surface area contributed by atoms with Crippen molar-refractivity contribution in [3.05, 3.63) is 72.3 Å². The highest BCUT2D eigenvalue weighted by Crippen LogP contribution is 2.35. The van der Waals surface area contributed by atoms with E-state index in [0.717, 1.165) is 16.2 Å². The van der Waals surface area contributed by atoms with Crippen LogP contribution in [-0.2, 0) is 0 Å². The van der Waals surface area contributed by atoms with Crippen molar-refractivity contribution in [1.82, 2.24) is 0 Å². The Bertz CT molecular complexity index is 936. The molecule has 0 aliphatic carbocycles. The molecular formula is C19H14O2. The van der Waals surface area contributed by atoms with Crippen LogP contribution in [-0.4, -0.2) is 10.2 Å². The molecule has 4 aromatic carbocycles. The summed E-state index contributed by atoms with van der Waals surface area (Å²) in [6, 6.07) is 22.2. The lowest BCUT2D eigenvalue weighted by Crippen LogP contribution is -1.94. The van der Waals surface area contributed by atoms with Gasteiger partial charge in [-0.2, -0.15) is 0 Å². The SMILES string of the molecule is OC(O)c1ccc2c3ccccc3c3ccccc3c2c1. The average molecular weight is 274 g/mol. The lowest BCUT2D eigenvalue weighted by atomic mass is 9.93. The third-order valence-corrected chi connectivity index (χ3v) is 4.07. The minimum atomic E-state index is -1.44. The summed E-state index contributed by atoms with van der Waals surface area (Å²) in [6.45, 7) is 0. The van der Waals surface area contributed by atoms with Gasteiger partial charge in [0.1, 0.15) is 0 Å². The number of aliphatic hydroxyl groups excluding tert-OH is 1. The topological polar surface area (TPSA) is 40.5 Å². The Kier molecular flexibility index (Phi) is 2.67. The van der Waals surface area contributed by atoms with Crippen LogP contribution in [0.4, 0.5) is 0 Å². The van der Waals surface area contributed by atoms with Crippen LogP contribution in [0.2, 0.25) is 0 Å². The van der Waals surface area contributed by atoms with E-state index in [9.17, 15) is 10.2 Å². The smallest absolute Gasteiger partial charge is 0.178 e. The van der Waals surface area contributed by atoms with E-state index in [2.05, 4.69) is 24.3 Å². The van der Waals surface area contributed by atoms with E-state index in [1.807, 2.05) is 36.4 Å². The first-order valence-corrected chi connectivity index (χ1v) is 6.95. The molecule has 0 radical (unpaired) electrons. The van der Waals surface area contributed by atoms with E-state index in [1.165, 1.54) is 16.2 Å². The Morgan fingerprint density at radius 3 is 1.43 bits per heavy atom. The quantitative estimate of drug-likeness (QED) is 0.405. The zero-order chi connectivity index (χ0) is 14.4. The highest BCUT2D eigenvalue weighted by Gasteiger charge is 2.10. The summed E-state index contributed by atoms with van der Waals surface area (Å²) in [5, 5.41) is 25.8. The molecule has 0 saturated carbocycles. The molecule has 0 atom stereocenters. The van der Waals surface area contributed by atoms with Gasteiger partial charge in [-0.15, -0.1) is 0 Å². The van der Waals surface area contributed by atoms with Gasteiger partial charge in [-0.05, 0) is 38.4 Å². The zero-order valence-electron chi connectivity index (χ0n) is 11.3. The van der Waals surface area contributed by atoms with Crippen LogP contribution in [0.15, 0.2) is 66.7 Å². The number of benzene rings is 4. The summed E-state index contributed by atoms with van der Waals surface area (Å²) in [4.78, 5) is 0. The summed E-state index contributed by atoms with van der Waals surface area (Å²) in [5.41, 5.74) is 0.517. The van der Waals surface area contributed by atoms with Gasteiger partial charge in [0.25, 0.3) is 0 Å². The Balaban J connectivity index is 2.30. The van der Waals surface area contributed by atoms with E-state index in [-0.39, 0.29) is 0 Å². The Hall–Kier alpha value is -2.42. The molecule has 0 spiro atoms. The normalized spacial score (nSPS) is 11.8. The molecule has 0 bridgehead atoms. The van der Waals surface area contributed by atoms with Gasteiger partial charge in [-0.3, -0.25) is 0 Å². The number of aliphatic hydroxyl groups is 2. The molecule has 4 rings (SSSR count). The monoisotopic (exact) mass is 274 g/mol. The second-order valence-corrected chi connectivity index (χ2v) is 5.27. The van der Waals surface area contributed by atoms with E-state index in [1.54, 1.807) is 6.07 Å². The standard InChI is InChI=1S/C19H14O2/c20-19(21)12-9-10-17-15-7-2-1-5-13(15)14-6-3-4-8-16(14)18(17)11-12/h1-11,19-21H. The highest BCUT2D eigenvalue weighted by atomic mass is 16.5. The molecule has 0 heterocycles. The molecule has 0 aliphatic rings. The number of hydrogen-bond acceptors (Lipinski definition) is 2. The minimum Gasteiger partial charge on any atom is -0.364 e. The molecule has 0 fully saturated rings. The Labute approximate surface area is 121 Å². The zero-order valence-corrected chi connectivity index (χ0v) is 11.3. The molecule has 2 nitrogen and oxygen atoms in total. The van der Waals surface area contributed by atoms with Crippen LogP contribution in [0.25, 0.3) is 32.3 Å². The van der Waals surface area contributed by atoms with Gasteiger partial charge in [0, 0.05) is 5.56 Å². The van der Waals surface area contributed by atoms with E-state index < -0.39 is 6.29 Å². The van der Waals surface area contributed by atoms with E-state index >= 15 is 0 Å². The lowest BCUT2D eigenvalue weighted by Gasteiger charge is -2.12. The van der Waals surface area contributed by atoms with Crippen molar-refractivity contribution in [2.24, 2.45) is 0 Å². The van der Waals surface area contributed by atoms with Crippen LogP contribution in [0, 0.1) is 0 Å². The maximum Gasteiger partial charge on any atom is 0.178 e. The minimum absolute atomic E-state index is 0.517. The summed E-state index contributed by atoms with van der Waals surface area (Å²) in [7, 11) is 0. The van der Waals surface area contributed by atoms with Crippen molar-refractivity contribution in [2.45, 2.75) is 6.29 Å². The predicted molar refractivity (Wildman–Crippen MR) is 86.1 cm³/mol. The summed E-state index contributed by atoms with van der Waals surface area (Å²) >= 11 is 0. The predicted octanol–water partition coefficient (Wildman–Crippen LogP) is 4.13. The largest absolute Gasteiger partial charge is 0.364 e. The van der Waals surface area contributed by atoms with Crippen LogP contribution in [0.5, 0.6) is 0 Å². The van der Waals surface area contributed by atoms with Gasteiger partial charge >= 0.3 is 0 Å². The maximum absolute atomic E-state index is 9.42. The van der Waals surface area contributed by atoms with Gasteiger partial charge in [0.05, 0.1) is 0 Å². The third kappa shape index (κ3) is 1.81. The molecular weight excluding hydrogens is 260 g/mol. The van der Waals surface area contributed by atoms with Gasteiger partial charge in [-0.25, -0.2) is 0 Å². The van der Waals surface area contributed by atoms with Crippen LogP contribution >= 0.6 is 0 Å². The molecule has 0 unspecified atom stereocenters. The molecule has 4 aromatic rings. The maximum atomic E-state index is 9.42. The number of hydrogen-bond donors (Lipinski definition) is 2. The number of rotatable bonds is 1. The van der Waals surface area contributed by atoms with Gasteiger partial charge in [0.15, 0.2) is 6.29 Å². The first-order valence-electron chi connectivity index (χ1n) is 6.95. The molecule has 0 amide bonds. The fourth-order valence-corrected chi connectivity index (χ4v) is 3.09. The molecule has 21 heavy (non-hydrogen) atoms. The summed E-state index contributed by atoms with van der Waals surface area (Å²) in [6.07, 6.45) is -1.44. The highest BCUT2D eigenvalue weighted by molar-refractivity contribution is 6.25. The van der Waals surface area contributed by atoms with Crippen molar-refractivity contribution < 1.29 is 10.2 Å². The molecule has 0 saturated heterocycles. The van der Waals surface area contributed by atoms with Crippen molar-refractivity contribution in [2.75, 3.05) is 0 Å². The van der Waals surface area contributed by atoms with Crippen LogP contribution < -0.4 is 0 Å². The van der Waals surface area contributed by atoms with Gasteiger partial charge in [0.2, 0.25) is 0 Å². The summed E-state index contributed by atoms with van der Waals surface area (Å²) < 4.78 is 0. The fraction of sp³-hybridized carbons (Fsp3) is 0.0526. The molecule has 2 N–H and O–H groups in total. The van der Waals surface area contributed by atoms with Gasteiger partial charge in [-0.1, -0.05) is 60.7 Å². The second-order valence-electron chi connectivity index (χ2n) is 5.27. The Morgan fingerprint density at radius 2 is 0.952 bits per heavy atom. The van der Waals surface area contributed by atoms with Crippen molar-refractivity contribution in [3.63, 3.8) is 0 Å². The van der Waals surface area contributed by atoms with Crippen molar-refractivity contribution >= 4 is 32.3 Å². The molecule has 0 aromatic heterocycles. The van der Waals surface area contributed by atoms with Crippen LogP contribution in [0.3, 0.4) is 0 Å². The van der Waals surface area contributed by atoms with Crippen molar-refractivity contribution in [3.8, 4) is 0 Å². The average Bonchev–Trinajstić information content (AvgIpc) is 2.54. The van der Waals surface area contributed by atoms with E-state index in [0.29, 0.717) is 5.56 Å². The second kappa shape index (κ2) is 4.55. The summed E-state index contributed by atoms with van der Waals surface area (Å²) in [5.74, 6) is 0. The van der Waals surface area contributed by atoms with Crippen LogP contribution in [0.1, 0.15) is 11.9 Å².